The summed E-state index contributed by atoms with van der Waals surface area (Å²) in [5.41, 5.74) is 2.36. The number of quaternary nitrogens is 1. The van der Waals surface area contributed by atoms with Crippen molar-refractivity contribution in [2.45, 2.75) is 13.0 Å². The Labute approximate surface area is 72.4 Å². The highest BCUT2D eigenvalue weighted by molar-refractivity contribution is 5.39. The summed E-state index contributed by atoms with van der Waals surface area (Å²) in [6, 6.07) is 5.74. The molecule has 0 saturated heterocycles. The largest absolute Gasteiger partial charge is 0.507 e. The summed E-state index contributed by atoms with van der Waals surface area (Å²) in [7, 11) is 3.94. The van der Waals surface area contributed by atoms with Crippen molar-refractivity contribution in [3.05, 3.63) is 36.4 Å². The maximum absolute atomic E-state index is 9.53. The molecule has 1 aromatic carbocycles. The van der Waals surface area contributed by atoms with Crippen molar-refractivity contribution >= 4 is 0 Å². The normalized spacial score (nSPS) is 21.9. The van der Waals surface area contributed by atoms with E-state index in [9.17, 15) is 5.11 Å². The average molecular weight is 163 g/mol. The number of aromatic hydroxyl groups is 1. The molecule has 1 aliphatic rings. The minimum atomic E-state index is 0.424. The molecule has 2 nitrogen and oxygen atoms in total. The van der Waals surface area contributed by atoms with E-state index >= 15 is 0 Å². The number of phenols is 1. The number of hydrogen-bond donors (Lipinski definition) is 2. The van der Waals surface area contributed by atoms with Crippen LogP contribution in [0.2, 0.25) is 0 Å². The van der Waals surface area contributed by atoms with Gasteiger partial charge in [0.25, 0.3) is 0 Å². The number of nitrogens with one attached hydrogen (secondary N) is 1. The Bertz CT molecular complexity index is 296. The molecule has 0 fully saturated rings. The topological polar surface area (TPSA) is 24.7 Å². The zero-order valence-electron chi connectivity index (χ0n) is 7.01. The fraction of sp³-hybridized carbons (Fsp3) is 0.300. The monoisotopic (exact) mass is 163 g/mol. The van der Waals surface area contributed by atoms with Gasteiger partial charge in [0, 0.05) is 12.0 Å². The predicted molar refractivity (Wildman–Crippen MR) is 46.7 cm³/mol. The predicted octanol–water partition coefficient (Wildman–Crippen LogP) is 0.125. The first-order chi connectivity index (χ1) is 5.77. The maximum Gasteiger partial charge on any atom is 0.124 e. The first kappa shape index (κ1) is 7.62. The molecule has 0 aromatic heterocycles. The summed E-state index contributed by atoms with van der Waals surface area (Å²) in [5.74, 6) is 0.424. The zero-order chi connectivity index (χ0) is 8.55. The Kier molecular flexibility index (Phi) is 1.77. The molecule has 1 aliphatic heterocycles. The van der Waals surface area contributed by atoms with Gasteiger partial charge < -0.3 is 10.0 Å². The number of hydrogen-bond acceptors (Lipinski definition) is 1. The summed E-state index contributed by atoms with van der Waals surface area (Å²) >= 11 is 0. The Hall–Kier alpha value is -1.02. The molecule has 1 unspecified atom stereocenters. The van der Waals surface area contributed by atoms with E-state index in [2.05, 4.69) is 13.1 Å². The van der Waals surface area contributed by atoms with Gasteiger partial charge in [0.15, 0.2) is 0 Å². The fourth-order valence-corrected chi connectivity index (χ4v) is 1.71. The molecule has 64 valence electrons. The Balaban J connectivity index is 2.43. The lowest BCUT2D eigenvalue weighted by atomic mass is 9.99. The maximum atomic E-state index is 9.53. The van der Waals surface area contributed by atoms with Crippen LogP contribution in [0.15, 0.2) is 18.2 Å². The molecule has 0 bridgehead atoms. The van der Waals surface area contributed by atoms with Gasteiger partial charge in [-0.05, 0) is 11.6 Å². The average Bonchev–Trinajstić information content (AvgIpc) is 2.07. The van der Waals surface area contributed by atoms with E-state index in [1.54, 1.807) is 6.07 Å². The molecule has 2 rings (SSSR count). The van der Waals surface area contributed by atoms with Crippen LogP contribution in [-0.4, -0.2) is 11.7 Å². The van der Waals surface area contributed by atoms with E-state index < -0.39 is 0 Å². The van der Waals surface area contributed by atoms with E-state index in [4.69, 9.17) is 0 Å². The molecular weight excluding hydrogens is 150 g/mol. The molecule has 2 N–H and O–H groups in total. The van der Waals surface area contributed by atoms with Crippen LogP contribution >= 0.6 is 0 Å². The van der Waals surface area contributed by atoms with Crippen LogP contribution < -0.4 is 4.90 Å². The van der Waals surface area contributed by atoms with Gasteiger partial charge in [-0.3, -0.25) is 0 Å². The molecule has 0 aliphatic carbocycles. The van der Waals surface area contributed by atoms with Crippen LogP contribution in [-0.2, 0) is 13.0 Å². The third kappa shape index (κ3) is 1.18. The molecule has 1 atom stereocenters. The van der Waals surface area contributed by atoms with E-state index in [0.29, 0.717) is 5.75 Å². The molecule has 2 heteroatoms. The summed E-state index contributed by atoms with van der Waals surface area (Å²) < 4.78 is 0. The Morgan fingerprint density at radius 2 is 2.25 bits per heavy atom. The van der Waals surface area contributed by atoms with Gasteiger partial charge >= 0.3 is 0 Å². The van der Waals surface area contributed by atoms with Crippen LogP contribution in [0.25, 0.3) is 0 Å². The van der Waals surface area contributed by atoms with Crippen LogP contribution in [0.3, 0.4) is 0 Å². The molecule has 12 heavy (non-hydrogen) atoms. The van der Waals surface area contributed by atoms with Crippen molar-refractivity contribution in [2.24, 2.45) is 0 Å². The van der Waals surface area contributed by atoms with Crippen molar-refractivity contribution < 1.29 is 10.0 Å². The van der Waals surface area contributed by atoms with E-state index in [1.165, 1.54) is 10.5 Å². The first-order valence-electron chi connectivity index (χ1n) is 4.24. The summed E-state index contributed by atoms with van der Waals surface area (Å²) in [6.07, 6.45) is 1.03. The third-order valence-corrected chi connectivity index (χ3v) is 2.42. The summed E-state index contributed by atoms with van der Waals surface area (Å²) in [5, 5.41) is 9.53. The highest BCUT2D eigenvalue weighted by atomic mass is 16.3. The molecule has 0 radical (unpaired) electrons. The lowest BCUT2D eigenvalue weighted by molar-refractivity contribution is -0.870. The van der Waals surface area contributed by atoms with Gasteiger partial charge in [-0.1, -0.05) is 12.1 Å². The quantitative estimate of drug-likeness (QED) is 0.522. The van der Waals surface area contributed by atoms with Gasteiger partial charge in [0.05, 0.1) is 13.1 Å². The fourth-order valence-electron chi connectivity index (χ4n) is 1.71. The number of rotatable bonds is 0. The van der Waals surface area contributed by atoms with Crippen LogP contribution in [0.4, 0.5) is 0 Å². The standard InChI is InChI=1S/C10H13NO/c1-11-6-5-8-3-2-4-10(12)9(8)7-11/h2-4,11-12H,1,5-7H2. The van der Waals surface area contributed by atoms with E-state index in [1.807, 2.05) is 6.07 Å². The summed E-state index contributed by atoms with van der Waals surface area (Å²) in [6.45, 7) is 1.92. The van der Waals surface area contributed by atoms with Gasteiger partial charge in [-0.25, -0.2) is 0 Å². The van der Waals surface area contributed by atoms with Crippen LogP contribution in [0.5, 0.6) is 5.75 Å². The van der Waals surface area contributed by atoms with Crippen molar-refractivity contribution in [1.82, 2.24) is 0 Å². The minimum absolute atomic E-state index is 0.424. The van der Waals surface area contributed by atoms with Crippen LogP contribution in [0.1, 0.15) is 11.1 Å². The number of benzene rings is 1. The van der Waals surface area contributed by atoms with Crippen LogP contribution in [0, 0.1) is 7.05 Å². The molecule has 1 aromatic rings. The minimum Gasteiger partial charge on any atom is -0.507 e. The van der Waals surface area contributed by atoms with Crippen molar-refractivity contribution in [3.63, 3.8) is 0 Å². The highest BCUT2D eigenvalue weighted by Crippen LogP contribution is 2.21. The lowest BCUT2D eigenvalue weighted by Crippen LogP contribution is -3.06. The summed E-state index contributed by atoms with van der Waals surface area (Å²) in [4.78, 5) is 1.23. The lowest BCUT2D eigenvalue weighted by Gasteiger charge is -2.27. The van der Waals surface area contributed by atoms with Crippen molar-refractivity contribution in [2.75, 3.05) is 6.54 Å². The second-order valence-electron chi connectivity index (χ2n) is 3.34. The Morgan fingerprint density at radius 3 is 3.08 bits per heavy atom. The van der Waals surface area contributed by atoms with Gasteiger partial charge in [-0.15, -0.1) is 0 Å². The first-order valence-corrected chi connectivity index (χ1v) is 4.24. The molecule has 0 amide bonds. The number of phenolic OH excluding ortho intramolecular Hbond substituents is 1. The van der Waals surface area contributed by atoms with Crippen molar-refractivity contribution in [1.29, 1.82) is 0 Å². The zero-order valence-corrected chi connectivity index (χ0v) is 7.01. The Morgan fingerprint density at radius 1 is 1.42 bits per heavy atom. The highest BCUT2D eigenvalue weighted by Gasteiger charge is 2.15. The smallest absolute Gasteiger partial charge is 0.124 e. The molecule has 0 saturated carbocycles. The second-order valence-corrected chi connectivity index (χ2v) is 3.34. The van der Waals surface area contributed by atoms with Gasteiger partial charge in [0.2, 0.25) is 0 Å². The molecular formula is C10H13NO. The number of fused-ring (bicyclic) bond motifs is 1. The van der Waals surface area contributed by atoms with E-state index in [0.717, 1.165) is 25.1 Å². The second kappa shape index (κ2) is 2.79. The van der Waals surface area contributed by atoms with Gasteiger partial charge in [-0.2, -0.15) is 7.05 Å². The third-order valence-electron chi connectivity index (χ3n) is 2.42. The van der Waals surface area contributed by atoms with E-state index in [-0.39, 0.29) is 0 Å². The van der Waals surface area contributed by atoms with Crippen molar-refractivity contribution in [3.8, 4) is 5.75 Å². The SMILES string of the molecule is [CH2-][NH+]1CCc2cccc(O)c2C1. The molecule has 1 heterocycles. The van der Waals surface area contributed by atoms with Gasteiger partial charge in [0.1, 0.15) is 5.75 Å². The molecule has 0 spiro atoms.